The molecule has 1 amide bonds. The van der Waals surface area contributed by atoms with Gasteiger partial charge in [-0.15, -0.1) is 0 Å². The molecule has 0 radical (unpaired) electrons. The predicted octanol–water partition coefficient (Wildman–Crippen LogP) is 4.40. The number of aromatic nitrogens is 3. The summed E-state index contributed by atoms with van der Waals surface area (Å²) in [5.74, 6) is -0.412. The van der Waals surface area contributed by atoms with Gasteiger partial charge >= 0.3 is 0 Å². The molecule has 4 aromatic rings. The molecule has 0 saturated heterocycles. The van der Waals surface area contributed by atoms with Gasteiger partial charge in [0.25, 0.3) is 5.91 Å². The highest BCUT2D eigenvalue weighted by molar-refractivity contribution is 6.33. The molecule has 0 fully saturated rings. The van der Waals surface area contributed by atoms with Gasteiger partial charge in [0.2, 0.25) is 0 Å². The summed E-state index contributed by atoms with van der Waals surface area (Å²) in [5, 5.41) is 5.13. The Bertz CT molecular complexity index is 1140. The molecule has 0 aliphatic carbocycles. The molecule has 2 heterocycles. The Kier molecular flexibility index (Phi) is 5.06. The lowest BCUT2D eigenvalue weighted by Gasteiger charge is -2.09. The number of nitrogens with one attached hydrogen (secondary N) is 1. The van der Waals surface area contributed by atoms with Crippen molar-refractivity contribution in [3.05, 3.63) is 77.4 Å². The van der Waals surface area contributed by atoms with Gasteiger partial charge in [-0.3, -0.25) is 9.63 Å². The monoisotopic (exact) mass is 392 g/mol. The van der Waals surface area contributed by atoms with Crippen molar-refractivity contribution in [2.45, 2.75) is 6.92 Å². The van der Waals surface area contributed by atoms with Crippen LogP contribution in [0.25, 0.3) is 28.2 Å². The summed E-state index contributed by atoms with van der Waals surface area (Å²) in [6.45, 7) is 2.14. The van der Waals surface area contributed by atoms with E-state index in [1.807, 2.05) is 54.6 Å². The topological polar surface area (TPSA) is 68.5 Å². The van der Waals surface area contributed by atoms with E-state index < -0.39 is 5.91 Å². The molecule has 2 aromatic heterocycles. The third-order valence-electron chi connectivity index (χ3n) is 4.19. The highest BCUT2D eigenvalue weighted by atomic mass is 35.5. The van der Waals surface area contributed by atoms with E-state index in [4.69, 9.17) is 16.4 Å². The Balaban J connectivity index is 1.91. The lowest BCUT2D eigenvalue weighted by Crippen LogP contribution is -2.26. The minimum absolute atomic E-state index is 0.301. The zero-order valence-electron chi connectivity index (χ0n) is 15.1. The summed E-state index contributed by atoms with van der Waals surface area (Å²) >= 11 is 6.34. The molecule has 0 bridgehead atoms. The highest BCUT2D eigenvalue weighted by Crippen LogP contribution is 2.28. The highest BCUT2D eigenvalue weighted by Gasteiger charge is 2.18. The molecule has 1 N–H and O–H groups in total. The van der Waals surface area contributed by atoms with Crippen LogP contribution in [0.3, 0.4) is 0 Å². The molecule has 0 unspecified atom stereocenters. The van der Waals surface area contributed by atoms with Gasteiger partial charge in [-0.05, 0) is 19.1 Å². The second-order valence-electron chi connectivity index (χ2n) is 6.04. The average molecular weight is 393 g/mol. The molecular weight excluding hydrogens is 376 g/mol. The third-order valence-corrected chi connectivity index (χ3v) is 4.52. The molecule has 0 saturated carbocycles. The molecule has 2 aromatic carbocycles. The van der Waals surface area contributed by atoms with E-state index in [-0.39, 0.29) is 0 Å². The normalized spacial score (nSPS) is 10.9. The number of fused-ring (bicyclic) bond motifs is 1. The minimum atomic E-state index is -0.412. The number of carbonyl (C=O) groups excluding carboxylic acids is 1. The van der Waals surface area contributed by atoms with E-state index in [0.29, 0.717) is 28.7 Å². The Labute approximate surface area is 166 Å². The zero-order chi connectivity index (χ0) is 19.5. The van der Waals surface area contributed by atoms with Crippen LogP contribution in [0.1, 0.15) is 17.4 Å². The SMILES string of the molecule is CCONC(=O)c1cc(-c2ccccc2Cl)nc2cc(-c3ccccc3)nn12. The number of benzene rings is 2. The van der Waals surface area contributed by atoms with Crippen LogP contribution in [-0.4, -0.2) is 27.1 Å². The fourth-order valence-corrected chi connectivity index (χ4v) is 3.12. The van der Waals surface area contributed by atoms with E-state index >= 15 is 0 Å². The number of hydrogen-bond acceptors (Lipinski definition) is 4. The number of amides is 1. The first-order valence-electron chi connectivity index (χ1n) is 8.80. The van der Waals surface area contributed by atoms with Gasteiger partial charge < -0.3 is 0 Å². The summed E-state index contributed by atoms with van der Waals surface area (Å²) in [5.41, 5.74) is 6.23. The standard InChI is InChI=1S/C21H17ClN4O2/c1-2-28-25-21(27)19-12-18(15-10-6-7-11-16(15)22)23-20-13-17(24-26(19)20)14-8-4-3-5-9-14/h3-13H,2H2,1H3,(H,25,27). The Morgan fingerprint density at radius 2 is 1.82 bits per heavy atom. The number of nitrogens with zero attached hydrogens (tertiary/aromatic N) is 3. The summed E-state index contributed by atoms with van der Waals surface area (Å²) in [4.78, 5) is 22.4. The van der Waals surface area contributed by atoms with Gasteiger partial charge in [0.1, 0.15) is 5.69 Å². The second kappa shape index (κ2) is 7.80. The lowest BCUT2D eigenvalue weighted by atomic mass is 10.1. The van der Waals surface area contributed by atoms with Crippen molar-refractivity contribution in [3.63, 3.8) is 0 Å². The molecule has 0 spiro atoms. The van der Waals surface area contributed by atoms with E-state index in [0.717, 1.165) is 16.8 Å². The van der Waals surface area contributed by atoms with Crippen molar-refractivity contribution in [1.29, 1.82) is 0 Å². The van der Waals surface area contributed by atoms with Crippen LogP contribution in [0.15, 0.2) is 66.7 Å². The van der Waals surface area contributed by atoms with Crippen LogP contribution in [0, 0.1) is 0 Å². The Morgan fingerprint density at radius 3 is 2.57 bits per heavy atom. The zero-order valence-corrected chi connectivity index (χ0v) is 15.8. The smallest absolute Gasteiger partial charge is 0.274 e. The quantitative estimate of drug-likeness (QED) is 0.511. The van der Waals surface area contributed by atoms with Gasteiger partial charge in [0.15, 0.2) is 5.65 Å². The number of carbonyl (C=O) groups is 1. The molecule has 0 aliphatic rings. The van der Waals surface area contributed by atoms with Crippen molar-refractivity contribution in [2.75, 3.05) is 6.61 Å². The van der Waals surface area contributed by atoms with Gasteiger partial charge in [0, 0.05) is 22.2 Å². The maximum atomic E-state index is 12.7. The van der Waals surface area contributed by atoms with Crippen LogP contribution in [0.4, 0.5) is 0 Å². The summed E-state index contributed by atoms with van der Waals surface area (Å²) in [6.07, 6.45) is 0. The fraction of sp³-hybridized carbons (Fsp3) is 0.0952. The van der Waals surface area contributed by atoms with Crippen LogP contribution in [0.2, 0.25) is 5.02 Å². The Morgan fingerprint density at radius 1 is 1.07 bits per heavy atom. The van der Waals surface area contributed by atoms with E-state index in [2.05, 4.69) is 15.6 Å². The molecule has 28 heavy (non-hydrogen) atoms. The number of rotatable bonds is 5. The molecule has 140 valence electrons. The number of hydroxylamine groups is 1. The Hall–Kier alpha value is -3.22. The second-order valence-corrected chi connectivity index (χ2v) is 6.44. The largest absolute Gasteiger partial charge is 0.293 e. The molecule has 0 aliphatic heterocycles. The molecule has 0 atom stereocenters. The minimum Gasteiger partial charge on any atom is -0.274 e. The van der Waals surface area contributed by atoms with Crippen molar-refractivity contribution < 1.29 is 9.63 Å². The van der Waals surface area contributed by atoms with Crippen LogP contribution in [-0.2, 0) is 4.84 Å². The van der Waals surface area contributed by atoms with E-state index in [1.54, 1.807) is 19.1 Å². The van der Waals surface area contributed by atoms with Gasteiger partial charge in [-0.25, -0.2) is 15.0 Å². The predicted molar refractivity (Wildman–Crippen MR) is 108 cm³/mol. The van der Waals surface area contributed by atoms with E-state index in [9.17, 15) is 4.79 Å². The molecule has 4 rings (SSSR count). The first-order valence-corrected chi connectivity index (χ1v) is 9.18. The molecule has 6 nitrogen and oxygen atoms in total. The summed E-state index contributed by atoms with van der Waals surface area (Å²) in [6, 6.07) is 20.6. The summed E-state index contributed by atoms with van der Waals surface area (Å²) in [7, 11) is 0. The van der Waals surface area contributed by atoms with Crippen molar-refractivity contribution >= 4 is 23.2 Å². The summed E-state index contributed by atoms with van der Waals surface area (Å²) < 4.78 is 1.51. The lowest BCUT2D eigenvalue weighted by molar-refractivity contribution is 0.0357. The average Bonchev–Trinajstić information content (AvgIpc) is 3.16. The van der Waals surface area contributed by atoms with Crippen molar-refractivity contribution in [1.82, 2.24) is 20.1 Å². The van der Waals surface area contributed by atoms with E-state index in [1.165, 1.54) is 4.52 Å². The van der Waals surface area contributed by atoms with Crippen LogP contribution < -0.4 is 5.48 Å². The van der Waals surface area contributed by atoms with Gasteiger partial charge in [-0.1, -0.05) is 60.1 Å². The van der Waals surface area contributed by atoms with Gasteiger partial charge in [-0.2, -0.15) is 5.10 Å². The number of halogens is 1. The van der Waals surface area contributed by atoms with Crippen molar-refractivity contribution in [2.24, 2.45) is 0 Å². The maximum Gasteiger partial charge on any atom is 0.293 e. The maximum absolute atomic E-state index is 12.7. The molecule has 7 heteroatoms. The fourth-order valence-electron chi connectivity index (χ4n) is 2.88. The first kappa shape index (κ1) is 18.2. The van der Waals surface area contributed by atoms with Crippen LogP contribution in [0.5, 0.6) is 0 Å². The van der Waals surface area contributed by atoms with Crippen LogP contribution >= 0.6 is 11.6 Å². The molecular formula is C21H17ClN4O2. The van der Waals surface area contributed by atoms with Gasteiger partial charge in [0.05, 0.1) is 18.0 Å². The number of hydrogen-bond donors (Lipinski definition) is 1. The first-order chi connectivity index (χ1) is 13.7. The third kappa shape index (κ3) is 3.47. The van der Waals surface area contributed by atoms with Crippen molar-refractivity contribution in [3.8, 4) is 22.5 Å².